The second kappa shape index (κ2) is 22.7. The molecule has 6 heterocycles. The molecule has 0 bridgehead atoms. The lowest BCUT2D eigenvalue weighted by Gasteiger charge is -2.37. The highest BCUT2D eigenvalue weighted by Crippen LogP contribution is 2.34. The number of rotatable bonds is 14. The van der Waals surface area contributed by atoms with E-state index in [1.165, 1.54) is 42.6 Å². The zero-order chi connectivity index (χ0) is 52.1. The molecule has 0 radical (unpaired) electrons. The standard InChI is InChI=1S/C51H56F3N11O5.C4H8/c1-58(44-13-14-47(67)56-48(44)68)30-39-26-41(12-11-38(39)32-66)63-21-19-62(20-22-63)27-34-7-9-37(10-8-34)49(69)60(3)40-15-17-61(18-16-40)28-36-24-43(51(52,53)54)45-31-64(50(70)65(45)29-36)42-6-4-5-35(23-42)25-46-57-55-33-59(46)2;1-2-4-3-1/h4-12,23-24,26,29,31-33,40,44H,13-22,25,27-28,30H2,1-3H3,(H,56,67,68);1-4H2. The molecule has 16 nitrogen and oxygen atoms in total. The van der Waals surface area contributed by atoms with Gasteiger partial charge < -0.3 is 14.4 Å². The van der Waals surface area contributed by atoms with Crippen LogP contribution in [0.15, 0.2) is 96.3 Å². The highest BCUT2D eigenvalue weighted by Gasteiger charge is 2.36. The fourth-order valence-corrected chi connectivity index (χ4v) is 10.2. The second-order valence-electron chi connectivity index (χ2n) is 20.2. The van der Waals surface area contributed by atoms with Gasteiger partial charge in [-0.1, -0.05) is 49.9 Å². The van der Waals surface area contributed by atoms with E-state index >= 15 is 0 Å². The first-order valence-electron chi connectivity index (χ1n) is 25.6. The minimum Gasteiger partial charge on any atom is -0.369 e. The number of alkyl halides is 3. The number of halogens is 3. The summed E-state index contributed by atoms with van der Waals surface area (Å²) in [6.45, 7) is 5.65. The maximum absolute atomic E-state index is 14.6. The zero-order valence-electron chi connectivity index (χ0n) is 42.3. The average Bonchev–Trinajstić information content (AvgIpc) is 3.93. The molecule has 1 N–H and O–H groups in total. The summed E-state index contributed by atoms with van der Waals surface area (Å²) in [6, 6.07) is 21.2. The van der Waals surface area contributed by atoms with Crippen molar-refractivity contribution >= 4 is 35.2 Å². The van der Waals surface area contributed by atoms with Crippen LogP contribution < -0.4 is 15.9 Å². The van der Waals surface area contributed by atoms with Crippen LogP contribution in [0, 0.1) is 0 Å². The molecule has 4 fully saturated rings. The van der Waals surface area contributed by atoms with Crippen LogP contribution in [0.4, 0.5) is 18.9 Å². The Bertz CT molecular complexity index is 3030. The van der Waals surface area contributed by atoms with Crippen LogP contribution in [0.5, 0.6) is 0 Å². The van der Waals surface area contributed by atoms with E-state index in [9.17, 15) is 37.1 Å². The van der Waals surface area contributed by atoms with Gasteiger partial charge >= 0.3 is 11.9 Å². The van der Waals surface area contributed by atoms with Gasteiger partial charge in [0.05, 0.1) is 22.8 Å². The largest absolute Gasteiger partial charge is 0.418 e. The molecule has 390 valence electrons. The molecule has 3 aliphatic heterocycles. The fraction of sp³-hybridized carbons (Fsp3) is 0.436. The number of hydrogen-bond donors (Lipinski definition) is 1. The topological polar surface area (TPSA) is 154 Å². The van der Waals surface area contributed by atoms with Crippen LogP contribution in [0.3, 0.4) is 0 Å². The van der Waals surface area contributed by atoms with E-state index in [4.69, 9.17) is 0 Å². The van der Waals surface area contributed by atoms with Crippen molar-refractivity contribution in [3.63, 3.8) is 0 Å². The van der Waals surface area contributed by atoms with E-state index < -0.39 is 23.5 Å². The van der Waals surface area contributed by atoms with Crippen molar-refractivity contribution in [2.45, 2.75) is 95.7 Å². The Morgan fingerprint density at radius 3 is 2.15 bits per heavy atom. The third-order valence-electron chi connectivity index (χ3n) is 15.1. The summed E-state index contributed by atoms with van der Waals surface area (Å²) >= 11 is 0. The molecule has 1 saturated carbocycles. The van der Waals surface area contributed by atoms with Crippen molar-refractivity contribution in [3.05, 3.63) is 147 Å². The number of carbonyl (C=O) groups excluding carboxylic acids is 4. The maximum Gasteiger partial charge on any atom is 0.418 e. The Balaban J connectivity index is 0.00000160. The number of anilines is 1. The van der Waals surface area contributed by atoms with Gasteiger partial charge in [0.2, 0.25) is 11.8 Å². The predicted molar refractivity (Wildman–Crippen MR) is 274 cm³/mol. The van der Waals surface area contributed by atoms with Gasteiger partial charge in [-0.15, -0.1) is 10.2 Å². The van der Waals surface area contributed by atoms with Crippen LogP contribution in [-0.2, 0) is 48.9 Å². The summed E-state index contributed by atoms with van der Waals surface area (Å²) in [4.78, 5) is 73.9. The molecule has 74 heavy (non-hydrogen) atoms. The number of carbonyl (C=O) groups is 4. The van der Waals surface area contributed by atoms with Gasteiger partial charge in [-0.25, -0.2) is 4.79 Å². The molecule has 3 aromatic heterocycles. The van der Waals surface area contributed by atoms with Gasteiger partial charge in [0.15, 0.2) is 0 Å². The van der Waals surface area contributed by atoms with Gasteiger partial charge in [0.1, 0.15) is 18.4 Å². The van der Waals surface area contributed by atoms with E-state index in [0.717, 1.165) is 71.9 Å². The molecular weight excluding hydrogens is 952 g/mol. The number of likely N-dealkylation sites (N-methyl/N-ethyl adjacent to an activating group) is 1. The number of aromatic nitrogens is 5. The number of piperidine rings is 2. The lowest BCUT2D eigenvalue weighted by atomic mass is 10.0. The SMILES string of the molecule is C1CCC1.CN(Cc1cc(N2CCN(Cc3ccc(C(=O)N(C)C4CCN(Cc5cc(C(F)(F)F)c6cn(-c7cccc(Cc8nncn8C)c7)c(=O)n6c5)CC4)cc3)CC2)ccc1C=O)C1CCC(=O)NC1=O. The first kappa shape index (κ1) is 51.9. The molecule has 10 rings (SSSR count). The minimum absolute atomic E-state index is 0.0500. The maximum atomic E-state index is 14.6. The van der Waals surface area contributed by atoms with Gasteiger partial charge in [-0.3, -0.25) is 48.2 Å². The van der Waals surface area contributed by atoms with Gasteiger partial charge in [0, 0.05) is 121 Å². The Morgan fingerprint density at radius 2 is 1.50 bits per heavy atom. The number of imide groups is 1. The summed E-state index contributed by atoms with van der Waals surface area (Å²) in [5.41, 5.74) is 4.00. The summed E-state index contributed by atoms with van der Waals surface area (Å²) in [5, 5.41) is 10.4. The number of piperazine rings is 1. The third kappa shape index (κ3) is 12.0. The van der Waals surface area contributed by atoms with Crippen molar-refractivity contribution in [1.29, 1.82) is 0 Å². The van der Waals surface area contributed by atoms with Crippen LogP contribution >= 0.6 is 0 Å². The van der Waals surface area contributed by atoms with Crippen molar-refractivity contribution in [3.8, 4) is 5.69 Å². The van der Waals surface area contributed by atoms with Crippen LogP contribution in [0.2, 0.25) is 0 Å². The summed E-state index contributed by atoms with van der Waals surface area (Å²) < 4.78 is 47.8. The van der Waals surface area contributed by atoms with Crippen LogP contribution in [0.25, 0.3) is 11.2 Å². The monoisotopic (exact) mass is 1020 g/mol. The van der Waals surface area contributed by atoms with E-state index in [1.807, 2.05) is 67.5 Å². The molecule has 1 atom stereocenters. The minimum atomic E-state index is -4.70. The molecule has 6 aromatic rings. The van der Waals surface area contributed by atoms with Gasteiger partial charge in [-0.2, -0.15) is 13.2 Å². The Labute approximate surface area is 428 Å². The van der Waals surface area contributed by atoms with E-state index in [1.54, 1.807) is 41.0 Å². The van der Waals surface area contributed by atoms with Crippen molar-refractivity contribution in [2.24, 2.45) is 7.05 Å². The number of benzene rings is 3. The lowest BCUT2D eigenvalue weighted by molar-refractivity contribution is -0.138. The third-order valence-corrected chi connectivity index (χ3v) is 15.1. The highest BCUT2D eigenvalue weighted by molar-refractivity contribution is 6.00. The quantitative estimate of drug-likeness (QED) is 0.0941. The lowest BCUT2D eigenvalue weighted by Crippen LogP contribution is -2.51. The zero-order valence-corrected chi connectivity index (χ0v) is 42.3. The first-order chi connectivity index (χ1) is 35.6. The Kier molecular flexibility index (Phi) is 15.9. The van der Waals surface area contributed by atoms with Crippen LogP contribution in [-0.4, -0.2) is 133 Å². The molecule has 1 unspecified atom stereocenters. The smallest absolute Gasteiger partial charge is 0.369 e. The van der Waals surface area contributed by atoms with E-state index in [2.05, 4.69) is 30.2 Å². The molecule has 3 saturated heterocycles. The highest BCUT2D eigenvalue weighted by atomic mass is 19.4. The van der Waals surface area contributed by atoms with Crippen LogP contribution in [0.1, 0.15) is 106 Å². The molecule has 4 aliphatic rings. The summed E-state index contributed by atoms with van der Waals surface area (Å²) in [5.74, 6) is 0.0345. The van der Waals surface area contributed by atoms with Gasteiger partial charge in [-0.05, 0) is 97.1 Å². The van der Waals surface area contributed by atoms with Crippen molar-refractivity contribution in [1.82, 2.24) is 48.6 Å². The average molecular weight is 1020 g/mol. The Hall–Kier alpha value is -6.96. The van der Waals surface area contributed by atoms with E-state index in [0.29, 0.717) is 73.5 Å². The summed E-state index contributed by atoms with van der Waals surface area (Å²) in [6.07, 6.45) is 8.91. The molecule has 3 amide bonds. The number of nitrogens with one attached hydrogen (secondary N) is 1. The molecular formula is C55H64F3N11O5. The normalized spacial score (nSPS) is 18.0. The molecule has 0 spiro atoms. The number of nitrogens with zero attached hydrogens (tertiary/aromatic N) is 10. The van der Waals surface area contributed by atoms with Crippen molar-refractivity contribution < 1.29 is 32.3 Å². The van der Waals surface area contributed by atoms with Gasteiger partial charge in [0.25, 0.3) is 5.91 Å². The number of fused-ring (bicyclic) bond motifs is 1. The number of hydrogen-bond acceptors (Lipinski definition) is 11. The number of aryl methyl sites for hydroxylation is 1. The molecule has 1 aliphatic carbocycles. The Morgan fingerprint density at radius 1 is 0.797 bits per heavy atom. The van der Waals surface area contributed by atoms with Crippen molar-refractivity contribution in [2.75, 3.05) is 58.3 Å². The van der Waals surface area contributed by atoms with E-state index in [-0.39, 0.29) is 42.2 Å². The fourth-order valence-electron chi connectivity index (χ4n) is 10.2. The molecule has 3 aromatic carbocycles. The number of likely N-dealkylation sites (tertiary alicyclic amines) is 1. The first-order valence-corrected chi connectivity index (χ1v) is 25.6. The number of imidazole rings is 1. The second-order valence-corrected chi connectivity index (χ2v) is 20.2. The number of pyridine rings is 1. The predicted octanol–water partition coefficient (Wildman–Crippen LogP) is 6.50. The summed E-state index contributed by atoms with van der Waals surface area (Å²) in [7, 11) is 5.45. The number of aldehydes is 1. The number of amides is 3. The molecule has 19 heteroatoms.